The van der Waals surface area contributed by atoms with Crippen molar-refractivity contribution in [2.45, 2.75) is 20.8 Å². The molecule has 0 heterocycles. The number of halogens is 1. The lowest BCUT2D eigenvalue weighted by molar-refractivity contribution is -0.120. The molecule has 0 bridgehead atoms. The normalized spacial score (nSPS) is 11.7. The summed E-state index contributed by atoms with van der Waals surface area (Å²) in [6, 6.07) is 4.30. The number of aliphatic hydroxyl groups excluding tert-OH is 1. The average molecular weight is 263 g/mol. The summed E-state index contributed by atoms with van der Waals surface area (Å²) in [6.07, 6.45) is 0. The predicted molar refractivity (Wildman–Crippen MR) is 73.0 cm³/mol. The van der Waals surface area contributed by atoms with Gasteiger partial charge in [0.25, 0.3) is 0 Å². The van der Waals surface area contributed by atoms with E-state index >= 15 is 0 Å². The van der Waals surface area contributed by atoms with Crippen molar-refractivity contribution >= 4 is 11.6 Å². The first-order valence-corrected chi connectivity index (χ1v) is 6.15. The Balaban J connectivity index is 2.82. The number of nitrogens with one attached hydrogen (secondary N) is 1. The van der Waals surface area contributed by atoms with Gasteiger partial charge in [0.1, 0.15) is 12.4 Å². The highest BCUT2D eigenvalue weighted by molar-refractivity contribution is 5.92. The van der Waals surface area contributed by atoms with Gasteiger partial charge in [-0.1, -0.05) is 32.6 Å². The van der Waals surface area contributed by atoms with Gasteiger partial charge in [0.15, 0.2) is 0 Å². The lowest BCUT2D eigenvalue weighted by Crippen LogP contribution is -2.24. The predicted octanol–water partition coefficient (Wildman–Crippen LogP) is 2.40. The van der Waals surface area contributed by atoms with Crippen LogP contribution in [0.25, 0.3) is 0 Å². The van der Waals surface area contributed by atoms with Gasteiger partial charge in [-0.15, -0.1) is 0 Å². The number of amides is 1. The van der Waals surface area contributed by atoms with Gasteiger partial charge in [0.05, 0.1) is 5.56 Å². The Bertz CT molecular complexity index is 515. The fourth-order valence-corrected chi connectivity index (χ4v) is 1.39. The van der Waals surface area contributed by atoms with Crippen molar-refractivity contribution in [3.63, 3.8) is 0 Å². The van der Waals surface area contributed by atoms with Crippen LogP contribution in [-0.2, 0) is 4.79 Å². The Morgan fingerprint density at radius 1 is 1.42 bits per heavy atom. The van der Waals surface area contributed by atoms with Gasteiger partial charge in [-0.05, 0) is 24.1 Å². The van der Waals surface area contributed by atoms with Crippen LogP contribution in [0.15, 0.2) is 18.2 Å². The summed E-state index contributed by atoms with van der Waals surface area (Å²) in [6.45, 7) is 5.43. The minimum absolute atomic E-state index is 0.136. The summed E-state index contributed by atoms with van der Waals surface area (Å²) < 4.78 is 13.6. The van der Waals surface area contributed by atoms with Crippen LogP contribution >= 0.6 is 0 Å². The second-order valence-corrected chi connectivity index (χ2v) is 4.68. The third-order valence-electron chi connectivity index (χ3n) is 2.95. The van der Waals surface area contributed by atoms with Gasteiger partial charge in [-0.3, -0.25) is 4.79 Å². The topological polar surface area (TPSA) is 49.3 Å². The zero-order valence-electron chi connectivity index (χ0n) is 11.3. The molecule has 0 aliphatic heterocycles. The minimum atomic E-state index is -0.518. The van der Waals surface area contributed by atoms with E-state index in [2.05, 4.69) is 17.2 Å². The standard InChI is InChI=1S/C15H18FNO2/c1-10(2)11(3)15(19)17-13-7-6-12(5-4-8-18)14(16)9-13/h6-7,9-11,18H,8H2,1-3H3,(H,17,19). The molecule has 0 spiro atoms. The lowest BCUT2D eigenvalue weighted by atomic mass is 9.97. The maximum Gasteiger partial charge on any atom is 0.227 e. The van der Waals surface area contributed by atoms with Crippen molar-refractivity contribution < 1.29 is 14.3 Å². The molecule has 1 unspecified atom stereocenters. The summed E-state index contributed by atoms with van der Waals surface area (Å²) in [5.41, 5.74) is 0.605. The lowest BCUT2D eigenvalue weighted by Gasteiger charge is -2.15. The molecule has 102 valence electrons. The molecule has 0 aromatic heterocycles. The van der Waals surface area contributed by atoms with Crippen LogP contribution in [0, 0.1) is 29.5 Å². The number of rotatable bonds is 3. The van der Waals surface area contributed by atoms with E-state index < -0.39 is 5.82 Å². The highest BCUT2D eigenvalue weighted by Crippen LogP contribution is 2.17. The number of hydrogen-bond acceptors (Lipinski definition) is 2. The summed E-state index contributed by atoms with van der Waals surface area (Å²) in [5.74, 6) is 4.30. The van der Waals surface area contributed by atoms with E-state index in [1.165, 1.54) is 12.1 Å². The molecule has 1 aromatic rings. The molecule has 0 fully saturated rings. The number of benzene rings is 1. The molecular formula is C15H18FNO2. The van der Waals surface area contributed by atoms with Crippen molar-refractivity contribution in [2.75, 3.05) is 11.9 Å². The highest BCUT2D eigenvalue weighted by Gasteiger charge is 2.16. The molecule has 1 aromatic carbocycles. The van der Waals surface area contributed by atoms with Crippen LogP contribution in [0.1, 0.15) is 26.3 Å². The fourth-order valence-electron chi connectivity index (χ4n) is 1.39. The molecule has 0 aliphatic carbocycles. The van der Waals surface area contributed by atoms with Crippen LogP contribution in [0.2, 0.25) is 0 Å². The van der Waals surface area contributed by atoms with E-state index in [4.69, 9.17) is 5.11 Å². The molecule has 0 saturated carbocycles. The van der Waals surface area contributed by atoms with E-state index in [0.717, 1.165) is 0 Å². The molecule has 3 nitrogen and oxygen atoms in total. The van der Waals surface area contributed by atoms with Gasteiger partial charge in [-0.25, -0.2) is 4.39 Å². The van der Waals surface area contributed by atoms with Gasteiger partial charge in [0, 0.05) is 11.6 Å². The minimum Gasteiger partial charge on any atom is -0.384 e. The Hall–Kier alpha value is -1.86. The number of hydrogen-bond donors (Lipinski definition) is 2. The SMILES string of the molecule is CC(C)C(C)C(=O)Nc1ccc(C#CCO)c(F)c1. The zero-order valence-corrected chi connectivity index (χ0v) is 11.3. The van der Waals surface area contributed by atoms with Crippen molar-refractivity contribution in [2.24, 2.45) is 11.8 Å². The largest absolute Gasteiger partial charge is 0.384 e. The Morgan fingerprint density at radius 2 is 2.11 bits per heavy atom. The first-order valence-electron chi connectivity index (χ1n) is 6.15. The van der Waals surface area contributed by atoms with Crippen molar-refractivity contribution in [3.05, 3.63) is 29.6 Å². The summed E-state index contributed by atoms with van der Waals surface area (Å²) >= 11 is 0. The summed E-state index contributed by atoms with van der Waals surface area (Å²) in [4.78, 5) is 11.8. The van der Waals surface area contributed by atoms with E-state index in [-0.39, 0.29) is 29.9 Å². The quantitative estimate of drug-likeness (QED) is 0.823. The summed E-state index contributed by atoms with van der Waals surface area (Å²) in [7, 11) is 0. The van der Waals surface area contributed by atoms with Crippen molar-refractivity contribution in [1.82, 2.24) is 0 Å². The number of carbonyl (C=O) groups excluding carboxylic acids is 1. The van der Waals surface area contributed by atoms with Crippen LogP contribution in [0.5, 0.6) is 0 Å². The fraction of sp³-hybridized carbons (Fsp3) is 0.400. The molecule has 19 heavy (non-hydrogen) atoms. The zero-order chi connectivity index (χ0) is 14.4. The molecule has 1 rings (SSSR count). The first-order chi connectivity index (χ1) is 8.95. The van der Waals surface area contributed by atoms with E-state index in [9.17, 15) is 9.18 Å². The van der Waals surface area contributed by atoms with Gasteiger partial charge < -0.3 is 10.4 Å². The van der Waals surface area contributed by atoms with Crippen LogP contribution in [0.4, 0.5) is 10.1 Å². The molecule has 0 radical (unpaired) electrons. The maximum absolute atomic E-state index is 13.6. The molecular weight excluding hydrogens is 245 g/mol. The number of anilines is 1. The molecule has 1 amide bonds. The molecule has 0 aliphatic rings. The van der Waals surface area contributed by atoms with Crippen LogP contribution in [0.3, 0.4) is 0 Å². The third kappa shape index (κ3) is 4.38. The van der Waals surface area contributed by atoms with E-state index in [1.807, 2.05) is 20.8 Å². The van der Waals surface area contributed by atoms with E-state index in [1.54, 1.807) is 6.07 Å². The van der Waals surface area contributed by atoms with Gasteiger partial charge in [-0.2, -0.15) is 0 Å². The molecule has 4 heteroatoms. The second-order valence-electron chi connectivity index (χ2n) is 4.68. The molecule has 2 N–H and O–H groups in total. The third-order valence-corrected chi connectivity index (χ3v) is 2.95. The van der Waals surface area contributed by atoms with Crippen molar-refractivity contribution in [3.8, 4) is 11.8 Å². The number of carbonyl (C=O) groups is 1. The highest BCUT2D eigenvalue weighted by atomic mass is 19.1. The monoisotopic (exact) mass is 263 g/mol. The van der Waals surface area contributed by atoms with Crippen LogP contribution in [-0.4, -0.2) is 17.6 Å². The first kappa shape index (κ1) is 15.2. The van der Waals surface area contributed by atoms with Gasteiger partial charge in [0.2, 0.25) is 5.91 Å². The Morgan fingerprint density at radius 3 is 2.63 bits per heavy atom. The van der Waals surface area contributed by atoms with Crippen LogP contribution < -0.4 is 5.32 Å². The van der Waals surface area contributed by atoms with Crippen molar-refractivity contribution in [1.29, 1.82) is 0 Å². The maximum atomic E-state index is 13.6. The Kier molecular flexibility index (Phi) is 5.53. The van der Waals surface area contributed by atoms with Gasteiger partial charge >= 0.3 is 0 Å². The summed E-state index contributed by atoms with van der Waals surface area (Å²) in [5, 5.41) is 11.2. The van der Waals surface area contributed by atoms with E-state index in [0.29, 0.717) is 5.69 Å². The molecule has 1 atom stereocenters. The smallest absolute Gasteiger partial charge is 0.227 e. The Labute approximate surface area is 112 Å². The molecule has 0 saturated heterocycles. The average Bonchev–Trinajstić information content (AvgIpc) is 2.36. The number of aliphatic hydroxyl groups is 1. The second kappa shape index (κ2) is 6.91.